The molecule has 6 nitrogen and oxygen atoms in total. The van der Waals surface area contributed by atoms with Gasteiger partial charge in [-0.2, -0.15) is 0 Å². The van der Waals surface area contributed by atoms with Crippen LogP contribution in [0, 0.1) is 0 Å². The summed E-state index contributed by atoms with van der Waals surface area (Å²) in [5.41, 5.74) is 0.528. The number of halogens is 3. The van der Waals surface area contributed by atoms with E-state index < -0.39 is 12.3 Å². The Hall–Kier alpha value is -2.55. The van der Waals surface area contributed by atoms with Gasteiger partial charge in [-0.25, -0.2) is 0 Å². The maximum absolute atomic E-state index is 12.1. The van der Waals surface area contributed by atoms with E-state index in [4.69, 9.17) is 0 Å². The molecule has 2 amide bonds. The normalized spacial score (nSPS) is 15.9. The number of rotatable bonds is 5. The van der Waals surface area contributed by atoms with Crippen LogP contribution < -0.4 is 10.1 Å². The minimum absolute atomic E-state index is 0.0920. The number of hydrogen-bond donors (Lipinski definition) is 1. The summed E-state index contributed by atoms with van der Waals surface area (Å²) < 4.78 is 40.0. The van der Waals surface area contributed by atoms with Gasteiger partial charge < -0.3 is 19.9 Å². The van der Waals surface area contributed by atoms with Crippen LogP contribution in [0.15, 0.2) is 30.3 Å². The van der Waals surface area contributed by atoms with Crippen molar-refractivity contribution in [2.24, 2.45) is 0 Å². The molecule has 1 aromatic rings. The van der Waals surface area contributed by atoms with Crippen LogP contribution in [0.1, 0.15) is 5.56 Å². The Kier molecular flexibility index (Phi) is 6.62. The van der Waals surface area contributed by atoms with Crippen molar-refractivity contribution < 1.29 is 27.5 Å². The molecule has 0 saturated carbocycles. The van der Waals surface area contributed by atoms with Crippen LogP contribution in [-0.4, -0.2) is 67.7 Å². The van der Waals surface area contributed by atoms with Gasteiger partial charge in [0, 0.05) is 32.3 Å². The number of alkyl halides is 3. The van der Waals surface area contributed by atoms with Crippen molar-refractivity contribution in [1.29, 1.82) is 0 Å². The van der Waals surface area contributed by atoms with Crippen LogP contribution in [0.2, 0.25) is 0 Å². The predicted molar refractivity (Wildman–Crippen MR) is 89.2 cm³/mol. The van der Waals surface area contributed by atoms with Crippen LogP contribution in [0.25, 0.3) is 6.08 Å². The van der Waals surface area contributed by atoms with Crippen LogP contribution in [0.4, 0.5) is 13.2 Å². The largest absolute Gasteiger partial charge is 0.573 e. The Labute approximate surface area is 149 Å². The highest BCUT2D eigenvalue weighted by Crippen LogP contribution is 2.22. The molecule has 26 heavy (non-hydrogen) atoms. The zero-order valence-corrected chi connectivity index (χ0v) is 14.3. The van der Waals surface area contributed by atoms with Crippen molar-refractivity contribution in [3.63, 3.8) is 0 Å². The molecule has 1 saturated heterocycles. The Bertz CT molecular complexity index is 651. The molecule has 1 N–H and O–H groups in total. The number of amides is 2. The van der Waals surface area contributed by atoms with Crippen molar-refractivity contribution in [2.75, 3.05) is 39.8 Å². The molecule has 1 heterocycles. The van der Waals surface area contributed by atoms with E-state index in [1.54, 1.807) is 4.90 Å². The highest BCUT2D eigenvalue weighted by Gasteiger charge is 2.30. The standard InChI is InChI=1S/C17H20F3N3O3/c1-22-8-10-23(11-9-22)16(25)12-21-15(24)7-4-13-2-5-14(6-3-13)26-17(18,19)20/h2-7H,8-12H2,1H3,(H,21,24)/b7-4+. The maximum atomic E-state index is 12.1. The quantitative estimate of drug-likeness (QED) is 0.797. The van der Waals surface area contributed by atoms with Gasteiger partial charge in [-0.3, -0.25) is 9.59 Å². The maximum Gasteiger partial charge on any atom is 0.573 e. The fourth-order valence-electron chi connectivity index (χ4n) is 2.34. The van der Waals surface area contributed by atoms with Crippen LogP contribution >= 0.6 is 0 Å². The number of carbonyl (C=O) groups excluding carboxylic acids is 2. The molecule has 1 aromatic carbocycles. The number of nitrogens with one attached hydrogen (secondary N) is 1. The zero-order valence-electron chi connectivity index (χ0n) is 14.3. The lowest BCUT2D eigenvalue weighted by Crippen LogP contribution is -2.49. The molecule has 0 spiro atoms. The molecule has 142 valence electrons. The molecule has 0 bridgehead atoms. The van der Waals surface area contributed by atoms with Gasteiger partial charge in [0.05, 0.1) is 6.54 Å². The number of likely N-dealkylation sites (N-methyl/N-ethyl adjacent to an activating group) is 1. The fourth-order valence-corrected chi connectivity index (χ4v) is 2.34. The van der Waals surface area contributed by atoms with Gasteiger partial charge in [0.2, 0.25) is 11.8 Å². The van der Waals surface area contributed by atoms with E-state index in [9.17, 15) is 22.8 Å². The second kappa shape index (κ2) is 8.70. The van der Waals surface area contributed by atoms with Gasteiger partial charge >= 0.3 is 6.36 Å². The highest BCUT2D eigenvalue weighted by molar-refractivity contribution is 5.94. The molecule has 0 aromatic heterocycles. The Morgan fingerprint density at radius 3 is 2.35 bits per heavy atom. The summed E-state index contributed by atoms with van der Waals surface area (Å²) in [5, 5.41) is 2.50. The minimum Gasteiger partial charge on any atom is -0.406 e. The van der Waals surface area contributed by atoms with Gasteiger partial charge in [-0.05, 0) is 30.8 Å². The summed E-state index contributed by atoms with van der Waals surface area (Å²) in [6.07, 6.45) is -2.09. The van der Waals surface area contributed by atoms with Gasteiger partial charge in [-0.1, -0.05) is 12.1 Å². The molecule has 0 radical (unpaired) electrons. The van der Waals surface area contributed by atoms with Crippen molar-refractivity contribution in [3.8, 4) is 5.75 Å². The van der Waals surface area contributed by atoms with Gasteiger partial charge in [0.1, 0.15) is 5.75 Å². The Morgan fingerprint density at radius 2 is 1.77 bits per heavy atom. The van der Waals surface area contributed by atoms with Crippen molar-refractivity contribution >= 4 is 17.9 Å². The Morgan fingerprint density at radius 1 is 1.15 bits per heavy atom. The molecular weight excluding hydrogens is 351 g/mol. The summed E-state index contributed by atoms with van der Waals surface area (Å²) in [5.74, 6) is -0.937. The SMILES string of the molecule is CN1CCN(C(=O)CNC(=O)/C=C/c2ccc(OC(F)(F)F)cc2)CC1. The van der Waals surface area contributed by atoms with Crippen LogP contribution in [0.3, 0.4) is 0 Å². The molecule has 2 rings (SSSR count). The number of benzene rings is 1. The van der Waals surface area contributed by atoms with Crippen LogP contribution in [0.5, 0.6) is 5.75 Å². The van der Waals surface area contributed by atoms with Crippen LogP contribution in [-0.2, 0) is 9.59 Å². The molecule has 1 aliphatic heterocycles. The second-order valence-corrected chi connectivity index (χ2v) is 5.85. The molecule has 0 unspecified atom stereocenters. The van der Waals surface area contributed by atoms with Crippen molar-refractivity contribution in [2.45, 2.75) is 6.36 Å². The van der Waals surface area contributed by atoms with E-state index in [1.807, 2.05) is 7.05 Å². The van der Waals surface area contributed by atoms with E-state index >= 15 is 0 Å². The summed E-state index contributed by atoms with van der Waals surface area (Å²) in [6.45, 7) is 2.77. The first kappa shape index (κ1) is 19.8. The Balaban J connectivity index is 1.77. The zero-order chi connectivity index (χ0) is 19.2. The number of ether oxygens (including phenoxy) is 1. The lowest BCUT2D eigenvalue weighted by atomic mass is 10.2. The third-order valence-corrected chi connectivity index (χ3v) is 3.81. The van der Waals surface area contributed by atoms with E-state index in [0.717, 1.165) is 25.2 Å². The van der Waals surface area contributed by atoms with Gasteiger partial charge in [-0.15, -0.1) is 13.2 Å². The number of carbonyl (C=O) groups is 2. The first-order chi connectivity index (χ1) is 12.2. The highest BCUT2D eigenvalue weighted by atomic mass is 19.4. The summed E-state index contributed by atoms with van der Waals surface area (Å²) in [7, 11) is 1.98. The van der Waals surface area contributed by atoms with Crippen molar-refractivity contribution in [3.05, 3.63) is 35.9 Å². The third-order valence-electron chi connectivity index (χ3n) is 3.81. The van der Waals surface area contributed by atoms with Gasteiger partial charge in [0.25, 0.3) is 0 Å². The number of nitrogens with zero attached hydrogens (tertiary/aromatic N) is 2. The van der Waals surface area contributed by atoms with E-state index in [-0.39, 0.29) is 18.2 Å². The molecule has 9 heteroatoms. The average Bonchev–Trinajstić information content (AvgIpc) is 2.58. The van der Waals surface area contributed by atoms with E-state index in [0.29, 0.717) is 18.7 Å². The number of piperazine rings is 1. The molecular formula is C17H20F3N3O3. The molecule has 1 aliphatic rings. The van der Waals surface area contributed by atoms with Gasteiger partial charge in [0.15, 0.2) is 0 Å². The molecule has 1 fully saturated rings. The first-order valence-corrected chi connectivity index (χ1v) is 8.01. The molecule has 0 aliphatic carbocycles. The average molecular weight is 371 g/mol. The second-order valence-electron chi connectivity index (χ2n) is 5.85. The predicted octanol–water partition coefficient (Wildman–Crippen LogP) is 1.49. The fraction of sp³-hybridized carbons (Fsp3) is 0.412. The monoisotopic (exact) mass is 371 g/mol. The third kappa shape index (κ3) is 6.75. The van der Waals surface area contributed by atoms with E-state index in [1.165, 1.54) is 24.3 Å². The lowest BCUT2D eigenvalue weighted by molar-refractivity contribution is -0.274. The summed E-state index contributed by atoms with van der Waals surface area (Å²) in [6, 6.07) is 5.09. The molecule has 0 atom stereocenters. The minimum atomic E-state index is -4.74. The number of hydrogen-bond acceptors (Lipinski definition) is 4. The van der Waals surface area contributed by atoms with Crippen molar-refractivity contribution in [1.82, 2.24) is 15.1 Å². The first-order valence-electron chi connectivity index (χ1n) is 8.01. The van der Waals surface area contributed by atoms with E-state index in [2.05, 4.69) is 15.0 Å². The smallest absolute Gasteiger partial charge is 0.406 e. The lowest BCUT2D eigenvalue weighted by Gasteiger charge is -2.32. The topological polar surface area (TPSA) is 61.9 Å². The summed E-state index contributed by atoms with van der Waals surface area (Å²) in [4.78, 5) is 27.6. The summed E-state index contributed by atoms with van der Waals surface area (Å²) >= 11 is 0.